The molecule has 3 fully saturated rings. The molecule has 2 aliphatic carbocycles. The second-order valence-electron chi connectivity index (χ2n) is 6.54. The summed E-state index contributed by atoms with van der Waals surface area (Å²) >= 11 is 0. The first-order valence-electron chi connectivity index (χ1n) is 7.84. The van der Waals surface area contributed by atoms with Gasteiger partial charge in [-0.05, 0) is 56.1 Å². The third kappa shape index (κ3) is 2.19. The molecular formula is C17H21NO2. The fraction of sp³-hybridized carbons (Fsp3) is 0.588. The van der Waals surface area contributed by atoms with Gasteiger partial charge in [-0.1, -0.05) is 12.1 Å². The third-order valence-corrected chi connectivity index (χ3v) is 4.96. The zero-order valence-electron chi connectivity index (χ0n) is 11.8. The maximum absolute atomic E-state index is 12.8. The van der Waals surface area contributed by atoms with E-state index in [2.05, 4.69) is 4.90 Å². The van der Waals surface area contributed by atoms with Crippen LogP contribution in [0.1, 0.15) is 42.5 Å². The average molecular weight is 271 g/mol. The van der Waals surface area contributed by atoms with Gasteiger partial charge in [0.1, 0.15) is 5.75 Å². The molecule has 2 bridgehead atoms. The first-order chi connectivity index (χ1) is 9.81. The highest BCUT2D eigenvalue weighted by atomic mass is 16.5. The summed E-state index contributed by atoms with van der Waals surface area (Å²) in [5.41, 5.74) is 0.751. The summed E-state index contributed by atoms with van der Waals surface area (Å²) in [7, 11) is 0. The highest BCUT2D eigenvalue weighted by molar-refractivity contribution is 5.97. The smallest absolute Gasteiger partial charge is 0.257 e. The normalized spacial score (nSPS) is 27.9. The van der Waals surface area contributed by atoms with Gasteiger partial charge in [-0.25, -0.2) is 0 Å². The van der Waals surface area contributed by atoms with Gasteiger partial charge in [-0.3, -0.25) is 4.79 Å². The molecule has 0 spiro atoms. The highest BCUT2D eigenvalue weighted by Crippen LogP contribution is 2.39. The van der Waals surface area contributed by atoms with E-state index < -0.39 is 0 Å². The van der Waals surface area contributed by atoms with Crippen molar-refractivity contribution >= 4 is 5.91 Å². The van der Waals surface area contributed by atoms with Crippen molar-refractivity contribution in [2.24, 2.45) is 11.8 Å². The van der Waals surface area contributed by atoms with Crippen molar-refractivity contribution in [1.29, 1.82) is 0 Å². The molecule has 2 saturated carbocycles. The van der Waals surface area contributed by atoms with Crippen LogP contribution in [0.2, 0.25) is 0 Å². The van der Waals surface area contributed by atoms with E-state index in [0.717, 1.165) is 30.4 Å². The summed E-state index contributed by atoms with van der Waals surface area (Å²) in [6.07, 6.45) is 6.23. The minimum atomic E-state index is 0.170. The second-order valence-corrected chi connectivity index (χ2v) is 6.54. The highest BCUT2D eigenvalue weighted by Gasteiger charge is 2.41. The van der Waals surface area contributed by atoms with Crippen LogP contribution >= 0.6 is 0 Å². The van der Waals surface area contributed by atoms with E-state index in [0.29, 0.717) is 12.0 Å². The monoisotopic (exact) mass is 271 g/mol. The predicted octanol–water partition coefficient (Wildman–Crippen LogP) is 3.10. The molecule has 1 saturated heterocycles. The van der Waals surface area contributed by atoms with E-state index in [9.17, 15) is 4.79 Å². The quantitative estimate of drug-likeness (QED) is 0.842. The number of hydrogen-bond acceptors (Lipinski definition) is 2. The molecule has 1 aromatic carbocycles. The van der Waals surface area contributed by atoms with E-state index in [1.165, 1.54) is 32.1 Å². The number of para-hydroxylation sites is 1. The Labute approximate surface area is 119 Å². The Balaban J connectivity index is 1.52. The number of nitrogens with zero attached hydrogens (tertiary/aromatic N) is 1. The average Bonchev–Trinajstić information content (AvgIpc) is 3.07. The summed E-state index contributed by atoms with van der Waals surface area (Å²) in [6, 6.07) is 8.21. The van der Waals surface area contributed by atoms with Crippen LogP contribution in [-0.4, -0.2) is 30.0 Å². The van der Waals surface area contributed by atoms with Crippen molar-refractivity contribution in [3.63, 3.8) is 0 Å². The molecule has 1 heterocycles. The van der Waals surface area contributed by atoms with Gasteiger partial charge < -0.3 is 9.64 Å². The topological polar surface area (TPSA) is 29.5 Å². The summed E-state index contributed by atoms with van der Waals surface area (Å²) in [4.78, 5) is 14.8. The number of ether oxygens (including phenoxy) is 1. The van der Waals surface area contributed by atoms with Crippen molar-refractivity contribution in [2.75, 3.05) is 13.2 Å². The van der Waals surface area contributed by atoms with Crippen LogP contribution in [0.3, 0.4) is 0 Å². The SMILES string of the molecule is O=C(c1ccccc1OCC1CC1)N1C[C@H]2CC[C@H]1C2. The number of fused-ring (bicyclic) bond motifs is 2. The van der Waals surface area contributed by atoms with Crippen molar-refractivity contribution in [3.8, 4) is 5.75 Å². The van der Waals surface area contributed by atoms with Crippen LogP contribution in [0.15, 0.2) is 24.3 Å². The number of carbonyl (C=O) groups excluding carboxylic acids is 1. The summed E-state index contributed by atoms with van der Waals surface area (Å²) in [5, 5.41) is 0. The lowest BCUT2D eigenvalue weighted by molar-refractivity contribution is 0.0699. The van der Waals surface area contributed by atoms with Gasteiger partial charge in [0.05, 0.1) is 12.2 Å². The zero-order valence-corrected chi connectivity index (χ0v) is 11.8. The summed E-state index contributed by atoms with van der Waals surface area (Å²) < 4.78 is 5.87. The maximum Gasteiger partial charge on any atom is 0.257 e. The van der Waals surface area contributed by atoms with E-state index in [1.807, 2.05) is 24.3 Å². The molecule has 2 atom stereocenters. The lowest BCUT2D eigenvalue weighted by atomic mass is 10.1. The minimum Gasteiger partial charge on any atom is -0.492 e. The van der Waals surface area contributed by atoms with Gasteiger partial charge in [0.25, 0.3) is 5.91 Å². The van der Waals surface area contributed by atoms with Gasteiger partial charge >= 0.3 is 0 Å². The number of benzene rings is 1. The Morgan fingerprint density at radius 1 is 1.20 bits per heavy atom. The maximum atomic E-state index is 12.8. The molecule has 0 radical (unpaired) electrons. The number of hydrogen-bond donors (Lipinski definition) is 0. The molecule has 0 N–H and O–H groups in total. The Kier molecular flexibility index (Phi) is 2.94. The molecule has 3 heteroatoms. The first kappa shape index (κ1) is 12.2. The van der Waals surface area contributed by atoms with Gasteiger partial charge in [-0.2, -0.15) is 0 Å². The fourth-order valence-corrected chi connectivity index (χ4v) is 3.59. The van der Waals surface area contributed by atoms with Crippen LogP contribution in [0.4, 0.5) is 0 Å². The van der Waals surface area contributed by atoms with Crippen LogP contribution < -0.4 is 4.74 Å². The lowest BCUT2D eigenvalue weighted by Crippen LogP contribution is -2.37. The van der Waals surface area contributed by atoms with Crippen molar-refractivity contribution in [3.05, 3.63) is 29.8 Å². The van der Waals surface area contributed by atoms with Crippen LogP contribution in [0.5, 0.6) is 5.75 Å². The molecule has 4 rings (SSSR count). The third-order valence-electron chi connectivity index (χ3n) is 4.96. The second kappa shape index (κ2) is 4.80. The van der Waals surface area contributed by atoms with Crippen molar-refractivity contribution in [1.82, 2.24) is 4.90 Å². The van der Waals surface area contributed by atoms with Crippen LogP contribution in [0, 0.1) is 11.8 Å². The van der Waals surface area contributed by atoms with Gasteiger partial charge in [0.2, 0.25) is 0 Å². The molecule has 1 amide bonds. The molecule has 3 aliphatic rings. The fourth-order valence-electron chi connectivity index (χ4n) is 3.59. The standard InChI is InChI=1S/C17H21NO2/c19-17(18-10-13-7-8-14(18)9-13)15-3-1-2-4-16(15)20-11-12-5-6-12/h1-4,12-14H,5-11H2/t13-,14-/m0/s1. The number of piperidine rings is 1. The Bertz CT molecular complexity index is 523. The van der Waals surface area contributed by atoms with Crippen molar-refractivity contribution < 1.29 is 9.53 Å². The largest absolute Gasteiger partial charge is 0.492 e. The Morgan fingerprint density at radius 3 is 2.75 bits per heavy atom. The summed E-state index contributed by atoms with van der Waals surface area (Å²) in [5.74, 6) is 2.39. The van der Waals surface area contributed by atoms with Crippen LogP contribution in [0.25, 0.3) is 0 Å². The van der Waals surface area contributed by atoms with E-state index in [-0.39, 0.29) is 5.91 Å². The molecule has 1 aromatic rings. The van der Waals surface area contributed by atoms with E-state index in [4.69, 9.17) is 4.74 Å². The van der Waals surface area contributed by atoms with Gasteiger partial charge in [0.15, 0.2) is 0 Å². The van der Waals surface area contributed by atoms with Gasteiger partial charge in [0, 0.05) is 12.6 Å². The molecule has 0 unspecified atom stereocenters. The molecule has 20 heavy (non-hydrogen) atoms. The van der Waals surface area contributed by atoms with E-state index >= 15 is 0 Å². The Morgan fingerprint density at radius 2 is 2.05 bits per heavy atom. The summed E-state index contributed by atoms with van der Waals surface area (Å²) in [6.45, 7) is 1.71. The van der Waals surface area contributed by atoms with E-state index in [1.54, 1.807) is 0 Å². The van der Waals surface area contributed by atoms with Crippen molar-refractivity contribution in [2.45, 2.75) is 38.1 Å². The molecule has 106 valence electrons. The number of rotatable bonds is 4. The minimum absolute atomic E-state index is 0.170. The van der Waals surface area contributed by atoms with Gasteiger partial charge in [-0.15, -0.1) is 0 Å². The zero-order chi connectivity index (χ0) is 13.5. The molecule has 1 aliphatic heterocycles. The molecule has 3 nitrogen and oxygen atoms in total. The predicted molar refractivity (Wildman–Crippen MR) is 76.8 cm³/mol. The molecule has 0 aromatic heterocycles. The lowest BCUT2D eigenvalue weighted by Gasteiger charge is -2.27. The number of amides is 1. The first-order valence-corrected chi connectivity index (χ1v) is 7.84. The Hall–Kier alpha value is -1.51. The van der Waals surface area contributed by atoms with Crippen LogP contribution in [-0.2, 0) is 0 Å². The number of carbonyl (C=O) groups is 1. The number of likely N-dealkylation sites (tertiary alicyclic amines) is 1. The molecular weight excluding hydrogens is 250 g/mol.